The number of thioether (sulfide) groups is 1. The van der Waals surface area contributed by atoms with Gasteiger partial charge in [-0.15, -0.1) is 11.3 Å². The number of benzene rings is 2. The van der Waals surface area contributed by atoms with Crippen molar-refractivity contribution >= 4 is 50.7 Å². The lowest BCUT2D eigenvalue weighted by atomic mass is 10.1. The van der Waals surface area contributed by atoms with Crippen LogP contribution in [0.1, 0.15) is 16.2 Å². The summed E-state index contributed by atoms with van der Waals surface area (Å²) in [6.07, 6.45) is 3.58. The Balaban J connectivity index is 1.28. The van der Waals surface area contributed by atoms with Gasteiger partial charge in [-0.25, -0.2) is 9.97 Å². The normalized spacial score (nSPS) is 14.6. The van der Waals surface area contributed by atoms with Crippen LogP contribution in [0.25, 0.3) is 27.3 Å². The van der Waals surface area contributed by atoms with Crippen LogP contribution in [-0.4, -0.2) is 54.8 Å². The number of para-hydroxylation sites is 3. The summed E-state index contributed by atoms with van der Waals surface area (Å²) in [6, 6.07) is 15.3. The first kappa shape index (κ1) is 21.3. The van der Waals surface area contributed by atoms with Crippen LogP contribution in [0.5, 0.6) is 0 Å². The molecule has 170 valence electrons. The highest BCUT2D eigenvalue weighted by atomic mass is 32.2. The van der Waals surface area contributed by atoms with Crippen LogP contribution < -0.4 is 5.32 Å². The maximum atomic E-state index is 13.0. The largest absolute Gasteiger partial charge is 0.320 e. The second-order valence-corrected chi connectivity index (χ2v) is 10.2. The lowest BCUT2D eigenvalue weighted by Crippen LogP contribution is -2.32. The van der Waals surface area contributed by atoms with Crippen LogP contribution in [0.2, 0.25) is 0 Å². The van der Waals surface area contributed by atoms with Crippen molar-refractivity contribution in [1.29, 1.82) is 0 Å². The third-order valence-electron chi connectivity index (χ3n) is 5.91. The molecule has 0 atom stereocenters. The minimum Gasteiger partial charge on any atom is -0.320 e. The average molecular weight is 487 g/mol. The van der Waals surface area contributed by atoms with Gasteiger partial charge >= 0.3 is 0 Å². The van der Waals surface area contributed by atoms with Crippen molar-refractivity contribution < 1.29 is 4.79 Å². The average Bonchev–Trinajstić information content (AvgIpc) is 3.46. The number of carbonyl (C=O) groups is 1. The third-order valence-corrected chi connectivity index (χ3v) is 7.74. The van der Waals surface area contributed by atoms with E-state index >= 15 is 0 Å². The van der Waals surface area contributed by atoms with Crippen LogP contribution in [-0.2, 0) is 6.54 Å². The summed E-state index contributed by atoms with van der Waals surface area (Å²) in [7, 11) is 0. The Morgan fingerprint density at radius 1 is 1.00 bits per heavy atom. The molecule has 7 nitrogen and oxygen atoms in total. The molecule has 1 fully saturated rings. The summed E-state index contributed by atoms with van der Waals surface area (Å²) in [4.78, 5) is 30.1. The molecule has 5 aromatic rings. The van der Waals surface area contributed by atoms with Gasteiger partial charge in [-0.3, -0.25) is 19.1 Å². The predicted octanol–water partition coefficient (Wildman–Crippen LogP) is 4.81. The molecule has 0 saturated carbocycles. The number of anilines is 1. The number of hydrogen-bond donors (Lipinski definition) is 1. The van der Waals surface area contributed by atoms with Crippen LogP contribution in [0.15, 0.2) is 66.3 Å². The molecule has 0 unspecified atom stereocenters. The zero-order valence-electron chi connectivity index (χ0n) is 18.3. The summed E-state index contributed by atoms with van der Waals surface area (Å²) in [5.74, 6) is 2.09. The van der Waals surface area contributed by atoms with E-state index in [1.807, 2.05) is 60.3 Å². The van der Waals surface area contributed by atoms with Crippen LogP contribution in [0, 0.1) is 0 Å². The van der Waals surface area contributed by atoms with Gasteiger partial charge in [0.05, 0.1) is 28.6 Å². The Kier molecular flexibility index (Phi) is 5.74. The van der Waals surface area contributed by atoms with Crippen molar-refractivity contribution in [3.8, 4) is 11.3 Å². The summed E-state index contributed by atoms with van der Waals surface area (Å²) < 4.78 is 2.18. The smallest absolute Gasteiger partial charge is 0.275 e. The first-order chi connectivity index (χ1) is 16.7. The summed E-state index contributed by atoms with van der Waals surface area (Å²) in [5.41, 5.74) is 5.39. The number of rotatable bonds is 5. The molecular formula is C25H22N6OS2. The van der Waals surface area contributed by atoms with Gasteiger partial charge in [-0.1, -0.05) is 30.3 Å². The standard InChI is InChI=1S/C25H22N6OS2/c32-24(22-13-26-20-7-3-4-8-21(20)27-22)28-19-6-2-1-5-18(19)23-15-31-17(16-34-25(31)29-23)14-30-9-11-33-12-10-30/h1-8,13,15-16H,9-12,14H2,(H,28,32). The lowest BCUT2D eigenvalue weighted by molar-refractivity contribution is 0.102. The predicted molar refractivity (Wildman–Crippen MR) is 139 cm³/mol. The SMILES string of the molecule is O=C(Nc1ccccc1-c1cn2c(CN3CCSCC3)csc2n1)c1cnc2ccccc2n1. The topological polar surface area (TPSA) is 75.4 Å². The molecule has 3 aromatic heterocycles. The molecule has 6 rings (SSSR count). The second-order valence-electron chi connectivity index (χ2n) is 8.14. The zero-order chi connectivity index (χ0) is 22.9. The van der Waals surface area contributed by atoms with Crippen molar-refractivity contribution in [3.05, 3.63) is 77.7 Å². The first-order valence-corrected chi connectivity index (χ1v) is 13.2. The number of hydrogen-bond acceptors (Lipinski definition) is 7. The molecule has 1 amide bonds. The molecule has 9 heteroatoms. The van der Waals surface area contributed by atoms with E-state index in [9.17, 15) is 4.79 Å². The molecule has 0 aliphatic carbocycles. The highest BCUT2D eigenvalue weighted by Crippen LogP contribution is 2.30. The van der Waals surface area contributed by atoms with E-state index in [0.29, 0.717) is 11.2 Å². The highest BCUT2D eigenvalue weighted by molar-refractivity contribution is 7.99. The minimum atomic E-state index is -0.296. The fourth-order valence-electron chi connectivity index (χ4n) is 4.13. The molecule has 1 aliphatic rings. The van der Waals surface area contributed by atoms with Gasteiger partial charge < -0.3 is 5.32 Å². The van der Waals surface area contributed by atoms with Gasteiger partial charge in [0.2, 0.25) is 0 Å². The highest BCUT2D eigenvalue weighted by Gasteiger charge is 2.17. The maximum absolute atomic E-state index is 13.0. The van der Waals surface area contributed by atoms with Crippen LogP contribution >= 0.6 is 23.1 Å². The molecule has 1 saturated heterocycles. The molecule has 0 spiro atoms. The van der Waals surface area contributed by atoms with Crippen molar-refractivity contribution in [2.75, 3.05) is 29.9 Å². The van der Waals surface area contributed by atoms with E-state index in [1.54, 1.807) is 11.3 Å². The quantitative estimate of drug-likeness (QED) is 0.384. The van der Waals surface area contributed by atoms with Gasteiger partial charge in [-0.2, -0.15) is 11.8 Å². The lowest BCUT2D eigenvalue weighted by Gasteiger charge is -2.25. The minimum absolute atomic E-state index is 0.279. The Morgan fingerprint density at radius 2 is 1.79 bits per heavy atom. The number of aromatic nitrogens is 4. The maximum Gasteiger partial charge on any atom is 0.275 e. The van der Waals surface area contributed by atoms with Crippen LogP contribution in [0.4, 0.5) is 5.69 Å². The van der Waals surface area contributed by atoms with E-state index in [1.165, 1.54) is 23.4 Å². The molecule has 4 heterocycles. The molecule has 34 heavy (non-hydrogen) atoms. The molecule has 1 N–H and O–H groups in total. The summed E-state index contributed by atoms with van der Waals surface area (Å²) >= 11 is 3.67. The Hall–Kier alpha value is -3.27. The summed E-state index contributed by atoms with van der Waals surface area (Å²) in [5, 5.41) is 5.20. The fourth-order valence-corrected chi connectivity index (χ4v) is 5.97. The third kappa shape index (κ3) is 4.18. The molecule has 0 radical (unpaired) electrons. The van der Waals surface area contributed by atoms with E-state index in [-0.39, 0.29) is 11.6 Å². The van der Waals surface area contributed by atoms with E-state index < -0.39 is 0 Å². The number of nitrogens with one attached hydrogen (secondary N) is 1. The molecule has 2 aromatic carbocycles. The Labute approximate surface area is 204 Å². The molecular weight excluding hydrogens is 464 g/mol. The van der Waals surface area contributed by atoms with Crippen molar-refractivity contribution in [1.82, 2.24) is 24.3 Å². The van der Waals surface area contributed by atoms with Gasteiger partial charge in [-0.05, 0) is 18.2 Å². The van der Waals surface area contributed by atoms with Crippen molar-refractivity contribution in [2.24, 2.45) is 0 Å². The number of nitrogens with zero attached hydrogens (tertiary/aromatic N) is 5. The number of carbonyl (C=O) groups excluding carboxylic acids is 1. The monoisotopic (exact) mass is 486 g/mol. The first-order valence-electron chi connectivity index (χ1n) is 11.1. The number of fused-ring (bicyclic) bond motifs is 2. The Morgan fingerprint density at radius 3 is 2.68 bits per heavy atom. The van der Waals surface area contributed by atoms with Gasteiger partial charge in [0.15, 0.2) is 4.96 Å². The van der Waals surface area contributed by atoms with E-state index in [0.717, 1.165) is 41.4 Å². The van der Waals surface area contributed by atoms with Gasteiger partial charge in [0.1, 0.15) is 5.69 Å². The van der Waals surface area contributed by atoms with Crippen molar-refractivity contribution in [2.45, 2.75) is 6.54 Å². The van der Waals surface area contributed by atoms with Crippen LogP contribution in [0.3, 0.4) is 0 Å². The zero-order valence-corrected chi connectivity index (χ0v) is 20.0. The fraction of sp³-hybridized carbons (Fsp3) is 0.200. The van der Waals surface area contributed by atoms with Crippen molar-refractivity contribution in [3.63, 3.8) is 0 Å². The van der Waals surface area contributed by atoms with Gasteiger partial charge in [0, 0.05) is 54.0 Å². The second kappa shape index (κ2) is 9.17. The molecule has 0 bridgehead atoms. The van der Waals surface area contributed by atoms with E-state index in [4.69, 9.17) is 4.98 Å². The number of thiazole rings is 1. The number of imidazole rings is 1. The summed E-state index contributed by atoms with van der Waals surface area (Å²) in [6.45, 7) is 3.17. The van der Waals surface area contributed by atoms with Gasteiger partial charge in [0.25, 0.3) is 5.91 Å². The Bertz CT molecular complexity index is 1490. The van der Waals surface area contributed by atoms with E-state index in [2.05, 4.69) is 36.2 Å². The number of amides is 1. The molecule has 1 aliphatic heterocycles.